The normalized spacial score (nSPS) is 15.5. The smallest absolute Gasteiger partial charge is 0.0558 e. The lowest BCUT2D eigenvalue weighted by atomic mass is 9.85. The van der Waals surface area contributed by atoms with Crippen LogP contribution in [0.4, 0.5) is 0 Å². The van der Waals surface area contributed by atoms with Gasteiger partial charge in [0.1, 0.15) is 0 Å². The minimum atomic E-state index is -0.0352. The maximum absolute atomic E-state index is 9.57. The third-order valence-electron chi connectivity index (χ3n) is 3.67. The molecule has 0 amide bonds. The largest absolute Gasteiger partial charge is 0.396 e. The maximum atomic E-state index is 9.57. The predicted molar refractivity (Wildman–Crippen MR) is 73.1 cm³/mol. The van der Waals surface area contributed by atoms with Gasteiger partial charge in [0.2, 0.25) is 0 Å². The zero-order valence-corrected chi connectivity index (χ0v) is 12.1. The third kappa shape index (κ3) is 5.84. The molecule has 0 fully saturated rings. The molecule has 104 valence electrons. The molecular formula is C14H31NO2. The summed E-state index contributed by atoms with van der Waals surface area (Å²) in [6.45, 7) is 10.7. The molecule has 0 aliphatic rings. The third-order valence-corrected chi connectivity index (χ3v) is 3.67. The van der Waals surface area contributed by atoms with Gasteiger partial charge in [-0.2, -0.15) is 0 Å². The van der Waals surface area contributed by atoms with Gasteiger partial charge in [0.05, 0.1) is 6.61 Å². The van der Waals surface area contributed by atoms with E-state index in [1.165, 1.54) is 0 Å². The maximum Gasteiger partial charge on any atom is 0.0558 e. The SMILES string of the molecule is CCCC(C)(CO)CN(CCO)C(CC)CC. The monoisotopic (exact) mass is 245 g/mol. The van der Waals surface area contributed by atoms with Crippen molar-refractivity contribution in [1.29, 1.82) is 0 Å². The van der Waals surface area contributed by atoms with Gasteiger partial charge in [-0.15, -0.1) is 0 Å². The molecule has 3 nitrogen and oxygen atoms in total. The van der Waals surface area contributed by atoms with Crippen LogP contribution in [0.1, 0.15) is 53.4 Å². The Labute approximate surface area is 107 Å². The average molecular weight is 245 g/mol. The van der Waals surface area contributed by atoms with E-state index in [4.69, 9.17) is 0 Å². The lowest BCUT2D eigenvalue weighted by Crippen LogP contribution is -2.45. The molecule has 0 rings (SSSR count). The Kier molecular flexibility index (Phi) is 8.83. The van der Waals surface area contributed by atoms with E-state index in [0.717, 1.165) is 32.2 Å². The molecule has 0 aromatic carbocycles. The van der Waals surface area contributed by atoms with Crippen molar-refractivity contribution in [2.75, 3.05) is 26.3 Å². The molecule has 0 spiro atoms. The number of rotatable bonds is 10. The molecule has 0 bridgehead atoms. The van der Waals surface area contributed by atoms with E-state index in [-0.39, 0.29) is 18.6 Å². The van der Waals surface area contributed by atoms with Gasteiger partial charge in [-0.1, -0.05) is 34.1 Å². The van der Waals surface area contributed by atoms with Crippen LogP contribution in [-0.4, -0.2) is 47.5 Å². The predicted octanol–water partition coefficient (Wildman–Crippen LogP) is 2.27. The van der Waals surface area contributed by atoms with Gasteiger partial charge in [-0.05, 0) is 19.3 Å². The quantitative estimate of drug-likeness (QED) is 0.620. The molecule has 0 aliphatic carbocycles. The van der Waals surface area contributed by atoms with Crippen LogP contribution in [-0.2, 0) is 0 Å². The number of aliphatic hydroxyl groups is 2. The van der Waals surface area contributed by atoms with Crippen LogP contribution in [0, 0.1) is 5.41 Å². The summed E-state index contributed by atoms with van der Waals surface area (Å²) in [5, 5.41) is 18.7. The number of aliphatic hydroxyl groups excluding tert-OH is 2. The Morgan fingerprint density at radius 2 is 1.71 bits per heavy atom. The highest BCUT2D eigenvalue weighted by molar-refractivity contribution is 4.80. The van der Waals surface area contributed by atoms with Crippen molar-refractivity contribution in [3.8, 4) is 0 Å². The van der Waals surface area contributed by atoms with Crippen molar-refractivity contribution in [2.24, 2.45) is 5.41 Å². The first kappa shape index (κ1) is 16.9. The summed E-state index contributed by atoms with van der Waals surface area (Å²) in [6, 6.07) is 0.518. The zero-order chi connectivity index (χ0) is 13.3. The summed E-state index contributed by atoms with van der Waals surface area (Å²) >= 11 is 0. The number of hydrogen-bond donors (Lipinski definition) is 2. The second-order valence-corrected chi connectivity index (χ2v) is 5.38. The highest BCUT2D eigenvalue weighted by Gasteiger charge is 2.27. The van der Waals surface area contributed by atoms with Crippen LogP contribution in [0.25, 0.3) is 0 Å². The Hall–Kier alpha value is -0.120. The van der Waals surface area contributed by atoms with Crippen molar-refractivity contribution in [3.63, 3.8) is 0 Å². The summed E-state index contributed by atoms with van der Waals surface area (Å²) in [4.78, 5) is 2.34. The molecule has 2 N–H and O–H groups in total. The van der Waals surface area contributed by atoms with Crippen LogP contribution < -0.4 is 0 Å². The fourth-order valence-corrected chi connectivity index (χ4v) is 2.63. The van der Waals surface area contributed by atoms with Crippen LogP contribution in [0.5, 0.6) is 0 Å². The summed E-state index contributed by atoms with van der Waals surface area (Å²) in [7, 11) is 0. The molecule has 0 aromatic heterocycles. The minimum absolute atomic E-state index is 0.0352. The van der Waals surface area contributed by atoms with Gasteiger partial charge in [0, 0.05) is 31.2 Å². The van der Waals surface area contributed by atoms with Gasteiger partial charge < -0.3 is 10.2 Å². The van der Waals surface area contributed by atoms with Gasteiger partial charge >= 0.3 is 0 Å². The minimum Gasteiger partial charge on any atom is -0.396 e. The van der Waals surface area contributed by atoms with E-state index in [0.29, 0.717) is 12.6 Å². The van der Waals surface area contributed by atoms with Crippen LogP contribution in [0.2, 0.25) is 0 Å². The Balaban J connectivity index is 4.59. The fraction of sp³-hybridized carbons (Fsp3) is 1.00. The van der Waals surface area contributed by atoms with E-state index in [9.17, 15) is 10.2 Å². The molecule has 17 heavy (non-hydrogen) atoms. The number of hydrogen-bond acceptors (Lipinski definition) is 3. The molecule has 1 atom stereocenters. The summed E-state index contributed by atoms with van der Waals surface area (Å²) in [5.74, 6) is 0. The molecule has 0 radical (unpaired) electrons. The highest BCUT2D eigenvalue weighted by atomic mass is 16.3. The van der Waals surface area contributed by atoms with E-state index in [1.54, 1.807) is 0 Å². The summed E-state index contributed by atoms with van der Waals surface area (Å²) in [5.41, 5.74) is -0.0352. The van der Waals surface area contributed by atoms with E-state index in [1.807, 2.05) is 0 Å². The number of nitrogens with zero attached hydrogens (tertiary/aromatic N) is 1. The first-order chi connectivity index (χ1) is 8.06. The van der Waals surface area contributed by atoms with Crippen molar-refractivity contribution in [3.05, 3.63) is 0 Å². The van der Waals surface area contributed by atoms with Crippen LogP contribution >= 0.6 is 0 Å². The Morgan fingerprint density at radius 3 is 2.06 bits per heavy atom. The molecule has 0 heterocycles. The lowest BCUT2D eigenvalue weighted by Gasteiger charge is -2.38. The first-order valence-corrected chi connectivity index (χ1v) is 7.02. The summed E-state index contributed by atoms with van der Waals surface area (Å²) < 4.78 is 0. The Morgan fingerprint density at radius 1 is 1.12 bits per heavy atom. The molecule has 0 aromatic rings. The second-order valence-electron chi connectivity index (χ2n) is 5.38. The van der Waals surface area contributed by atoms with Crippen molar-refractivity contribution < 1.29 is 10.2 Å². The van der Waals surface area contributed by atoms with Crippen LogP contribution in [0.15, 0.2) is 0 Å². The van der Waals surface area contributed by atoms with E-state index in [2.05, 4.69) is 32.6 Å². The van der Waals surface area contributed by atoms with Crippen molar-refractivity contribution >= 4 is 0 Å². The highest BCUT2D eigenvalue weighted by Crippen LogP contribution is 2.25. The van der Waals surface area contributed by atoms with Crippen molar-refractivity contribution in [2.45, 2.75) is 59.4 Å². The lowest BCUT2D eigenvalue weighted by molar-refractivity contribution is 0.0466. The van der Waals surface area contributed by atoms with Gasteiger partial charge in [0.15, 0.2) is 0 Å². The van der Waals surface area contributed by atoms with E-state index < -0.39 is 0 Å². The second kappa shape index (κ2) is 8.90. The van der Waals surface area contributed by atoms with Gasteiger partial charge in [-0.3, -0.25) is 4.90 Å². The topological polar surface area (TPSA) is 43.7 Å². The molecule has 3 heteroatoms. The first-order valence-electron chi connectivity index (χ1n) is 7.02. The Bertz CT molecular complexity index is 183. The standard InChI is InChI=1S/C14H31NO2/c1-5-8-14(4,12-17)11-15(9-10-16)13(6-2)7-3/h13,16-17H,5-12H2,1-4H3. The van der Waals surface area contributed by atoms with Gasteiger partial charge in [-0.25, -0.2) is 0 Å². The zero-order valence-electron chi connectivity index (χ0n) is 12.1. The molecular weight excluding hydrogens is 214 g/mol. The molecule has 0 saturated heterocycles. The van der Waals surface area contributed by atoms with E-state index >= 15 is 0 Å². The molecule has 0 aliphatic heterocycles. The van der Waals surface area contributed by atoms with Crippen LogP contribution in [0.3, 0.4) is 0 Å². The van der Waals surface area contributed by atoms with Gasteiger partial charge in [0.25, 0.3) is 0 Å². The fourth-order valence-electron chi connectivity index (χ4n) is 2.63. The average Bonchev–Trinajstić information content (AvgIpc) is 2.31. The molecule has 1 unspecified atom stereocenters. The van der Waals surface area contributed by atoms with Crippen molar-refractivity contribution in [1.82, 2.24) is 4.90 Å². The molecule has 0 saturated carbocycles. The summed E-state index contributed by atoms with van der Waals surface area (Å²) in [6.07, 6.45) is 4.33.